The zero-order valence-corrected chi connectivity index (χ0v) is 18.0. The van der Waals surface area contributed by atoms with Gasteiger partial charge in [-0.1, -0.05) is 45.3 Å². The van der Waals surface area contributed by atoms with Gasteiger partial charge in [-0.3, -0.25) is 0 Å². The van der Waals surface area contributed by atoms with Crippen molar-refractivity contribution in [3.8, 4) is 0 Å². The first-order valence-corrected chi connectivity index (χ1v) is 12.4. The minimum Gasteiger partial charge on any atom is -0.127 e. The summed E-state index contributed by atoms with van der Waals surface area (Å²) in [4.78, 5) is 3.19. The molecule has 5 rings (SSSR count). The van der Waals surface area contributed by atoms with Gasteiger partial charge in [0.25, 0.3) is 0 Å². The average Bonchev–Trinajstić information content (AvgIpc) is 3.27. The van der Waals surface area contributed by atoms with Gasteiger partial charge in [-0.05, 0) is 83.8 Å². The van der Waals surface area contributed by atoms with Crippen molar-refractivity contribution in [3.63, 3.8) is 0 Å². The lowest BCUT2D eigenvalue weighted by atomic mass is 9.62. The third-order valence-electron chi connectivity index (χ3n) is 8.56. The first kappa shape index (κ1) is 17.3. The van der Waals surface area contributed by atoms with Gasteiger partial charge in [-0.25, -0.2) is 0 Å². The third kappa shape index (κ3) is 2.56. The fourth-order valence-electron chi connectivity index (χ4n) is 7.62. The molecule has 138 valence electrons. The van der Waals surface area contributed by atoms with Crippen LogP contribution in [0.3, 0.4) is 0 Å². The second-order valence-electron chi connectivity index (χ2n) is 10.1. The van der Waals surface area contributed by atoms with Crippen molar-refractivity contribution in [2.45, 2.75) is 76.7 Å². The van der Waals surface area contributed by atoms with Crippen LogP contribution in [0, 0.1) is 40.9 Å². The van der Waals surface area contributed by atoms with Gasteiger partial charge in [-0.15, -0.1) is 23.5 Å². The van der Waals surface area contributed by atoms with Crippen LogP contribution in [0.2, 0.25) is 0 Å². The molecule has 7 atom stereocenters. The van der Waals surface area contributed by atoms with Gasteiger partial charge in [-0.2, -0.15) is 0 Å². The molecule has 2 heterocycles. The van der Waals surface area contributed by atoms with Crippen LogP contribution in [0.5, 0.6) is 0 Å². The lowest BCUT2D eigenvalue weighted by Crippen LogP contribution is -2.42. The molecule has 25 heavy (non-hydrogen) atoms. The van der Waals surface area contributed by atoms with E-state index in [0.717, 1.165) is 46.0 Å². The lowest BCUT2D eigenvalue weighted by Gasteiger charge is -2.46. The summed E-state index contributed by atoms with van der Waals surface area (Å²) in [5.41, 5.74) is 0.496. The fourth-order valence-corrected chi connectivity index (χ4v) is 11.2. The lowest BCUT2D eigenvalue weighted by molar-refractivity contribution is 0.0657. The van der Waals surface area contributed by atoms with Gasteiger partial charge in [0.15, 0.2) is 0 Å². The highest BCUT2D eigenvalue weighted by atomic mass is 32.2. The van der Waals surface area contributed by atoms with Crippen molar-refractivity contribution in [1.29, 1.82) is 0 Å². The maximum atomic E-state index is 2.68. The first-order valence-electron chi connectivity index (χ1n) is 10.7. The number of hydrogen-bond donors (Lipinski definition) is 0. The van der Waals surface area contributed by atoms with E-state index in [1.54, 1.807) is 9.81 Å². The molecule has 7 unspecified atom stereocenters. The Bertz CT molecular complexity index is 584. The smallest absolute Gasteiger partial charge is 0.0204 e. The highest BCUT2D eigenvalue weighted by Gasteiger charge is 2.60. The molecule has 3 saturated carbocycles. The molecule has 0 N–H and O–H groups in total. The van der Waals surface area contributed by atoms with E-state index in [2.05, 4.69) is 63.4 Å². The predicted molar refractivity (Wildman–Crippen MR) is 113 cm³/mol. The van der Waals surface area contributed by atoms with Crippen LogP contribution in [-0.4, -0.2) is 10.5 Å². The summed E-state index contributed by atoms with van der Waals surface area (Å²) in [5.74, 6) is 5.59. The minimum absolute atomic E-state index is 0.496. The number of allylic oxidation sites excluding steroid dienone is 4. The molecule has 0 bridgehead atoms. The number of thioether (sulfide) groups is 2. The molecule has 3 aliphatic carbocycles. The summed E-state index contributed by atoms with van der Waals surface area (Å²) in [6.07, 6.45) is 14.4. The van der Waals surface area contributed by atoms with E-state index in [9.17, 15) is 0 Å². The standard InChI is InChI=1S/C23H34S2/c1-13-11-17-18-12-14(2)25-22(18)20(21(17)24-13)23(3,4)19-10-9-15-7-5-6-8-16(15)19/h11-12,15-22H,5-10H2,1-4H3. The van der Waals surface area contributed by atoms with E-state index in [1.807, 2.05) is 0 Å². The molecule has 0 spiro atoms. The summed E-state index contributed by atoms with van der Waals surface area (Å²) in [7, 11) is 0. The Morgan fingerprint density at radius 1 is 0.840 bits per heavy atom. The first-order chi connectivity index (χ1) is 12.0. The molecule has 0 amide bonds. The van der Waals surface area contributed by atoms with E-state index < -0.39 is 0 Å². The fraction of sp³-hybridized carbons (Fsp3) is 0.826. The highest BCUT2D eigenvalue weighted by molar-refractivity contribution is 8.05. The topological polar surface area (TPSA) is 0 Å². The van der Waals surface area contributed by atoms with Crippen LogP contribution in [0.1, 0.15) is 66.2 Å². The van der Waals surface area contributed by atoms with Crippen molar-refractivity contribution >= 4 is 23.5 Å². The van der Waals surface area contributed by atoms with Crippen molar-refractivity contribution in [1.82, 2.24) is 0 Å². The number of rotatable bonds is 2. The van der Waals surface area contributed by atoms with Crippen LogP contribution in [0.15, 0.2) is 22.0 Å². The van der Waals surface area contributed by atoms with Crippen molar-refractivity contribution in [2.75, 3.05) is 0 Å². The van der Waals surface area contributed by atoms with Crippen molar-refractivity contribution in [3.05, 3.63) is 22.0 Å². The van der Waals surface area contributed by atoms with Crippen LogP contribution in [-0.2, 0) is 0 Å². The van der Waals surface area contributed by atoms with Gasteiger partial charge in [0.05, 0.1) is 0 Å². The second kappa shape index (κ2) is 6.09. The largest absolute Gasteiger partial charge is 0.127 e. The SMILES string of the molecule is CC1=CC2C3C=C(C)SC3C(C(C)(C)C3CCC4CCCCC43)C2S1. The Balaban J connectivity index is 1.47. The van der Waals surface area contributed by atoms with Gasteiger partial charge >= 0.3 is 0 Å². The monoisotopic (exact) mass is 374 g/mol. The minimum atomic E-state index is 0.496. The Labute approximate surface area is 163 Å². The summed E-state index contributed by atoms with van der Waals surface area (Å²) >= 11 is 4.47. The second-order valence-corrected chi connectivity index (χ2v) is 13.0. The zero-order chi connectivity index (χ0) is 17.3. The Hall–Kier alpha value is 0.180. The third-order valence-corrected chi connectivity index (χ3v) is 11.3. The summed E-state index contributed by atoms with van der Waals surface area (Å²) in [5, 5.41) is 1.70. The van der Waals surface area contributed by atoms with E-state index in [1.165, 1.54) is 38.5 Å². The molecule has 0 aromatic rings. The quantitative estimate of drug-likeness (QED) is 0.504. The van der Waals surface area contributed by atoms with E-state index in [0.29, 0.717) is 5.41 Å². The van der Waals surface area contributed by atoms with Crippen LogP contribution in [0.4, 0.5) is 0 Å². The van der Waals surface area contributed by atoms with Gasteiger partial charge in [0.1, 0.15) is 0 Å². The van der Waals surface area contributed by atoms with E-state index in [-0.39, 0.29) is 0 Å². The highest BCUT2D eigenvalue weighted by Crippen LogP contribution is 2.67. The van der Waals surface area contributed by atoms with Gasteiger partial charge < -0.3 is 0 Å². The Morgan fingerprint density at radius 2 is 1.44 bits per heavy atom. The van der Waals surface area contributed by atoms with Crippen molar-refractivity contribution < 1.29 is 0 Å². The van der Waals surface area contributed by atoms with Crippen molar-refractivity contribution in [2.24, 2.45) is 40.9 Å². The molecule has 5 aliphatic rings. The number of hydrogen-bond acceptors (Lipinski definition) is 2. The normalized spacial score (nSPS) is 48.8. The van der Waals surface area contributed by atoms with Gasteiger partial charge in [0, 0.05) is 10.5 Å². The molecule has 3 fully saturated rings. The maximum absolute atomic E-state index is 2.68. The molecular weight excluding hydrogens is 340 g/mol. The zero-order valence-electron chi connectivity index (χ0n) is 16.3. The predicted octanol–water partition coefficient (Wildman–Crippen LogP) is 7.13. The van der Waals surface area contributed by atoms with Crippen LogP contribution in [0.25, 0.3) is 0 Å². The molecule has 0 nitrogen and oxygen atoms in total. The van der Waals surface area contributed by atoms with Crippen LogP contribution >= 0.6 is 23.5 Å². The van der Waals surface area contributed by atoms with E-state index in [4.69, 9.17) is 0 Å². The summed E-state index contributed by atoms with van der Waals surface area (Å²) in [6, 6.07) is 0. The summed E-state index contributed by atoms with van der Waals surface area (Å²) < 4.78 is 0. The molecule has 0 radical (unpaired) electrons. The molecule has 0 aromatic heterocycles. The Kier molecular flexibility index (Phi) is 4.21. The van der Waals surface area contributed by atoms with Crippen LogP contribution < -0.4 is 0 Å². The van der Waals surface area contributed by atoms with E-state index >= 15 is 0 Å². The molecule has 0 saturated heterocycles. The Morgan fingerprint density at radius 3 is 2.08 bits per heavy atom. The van der Waals surface area contributed by atoms with Gasteiger partial charge in [0.2, 0.25) is 0 Å². The molecular formula is C23H34S2. The summed E-state index contributed by atoms with van der Waals surface area (Å²) in [6.45, 7) is 10.1. The molecule has 2 aliphatic heterocycles. The maximum Gasteiger partial charge on any atom is 0.0204 e. The average molecular weight is 375 g/mol. The molecule has 2 heteroatoms. The molecule has 0 aromatic carbocycles. The number of fused-ring (bicyclic) bond motifs is 4.